The van der Waals surface area contributed by atoms with Crippen LogP contribution in [-0.4, -0.2) is 30.6 Å². The van der Waals surface area contributed by atoms with E-state index < -0.39 is 42.2 Å². The van der Waals surface area contributed by atoms with Gasteiger partial charge >= 0.3 is 24.0 Å². The van der Waals surface area contributed by atoms with Crippen LogP contribution in [0, 0.1) is 11.8 Å². The van der Waals surface area contributed by atoms with E-state index in [-0.39, 0.29) is 6.61 Å². The van der Waals surface area contributed by atoms with Crippen molar-refractivity contribution in [3.05, 3.63) is 0 Å². The van der Waals surface area contributed by atoms with Crippen molar-refractivity contribution >= 4 is 5.97 Å². The van der Waals surface area contributed by atoms with Gasteiger partial charge in [0.15, 0.2) is 0 Å². The zero-order valence-corrected chi connectivity index (χ0v) is 11.7. The molecule has 0 saturated carbocycles. The number of rotatable bonds is 7. The summed E-state index contributed by atoms with van der Waals surface area (Å²) < 4.78 is 92.9. The highest BCUT2D eigenvalue weighted by atomic mass is 19.4. The Morgan fingerprint density at radius 3 is 1.86 bits per heavy atom. The van der Waals surface area contributed by atoms with Crippen molar-refractivity contribution < 1.29 is 40.3 Å². The van der Waals surface area contributed by atoms with Gasteiger partial charge in [-0.3, -0.25) is 4.79 Å². The molecule has 0 N–H and O–H groups in total. The van der Waals surface area contributed by atoms with Crippen LogP contribution in [0.2, 0.25) is 0 Å². The lowest BCUT2D eigenvalue weighted by atomic mass is 9.87. The Morgan fingerprint density at radius 2 is 1.52 bits per heavy atom. The van der Waals surface area contributed by atoms with Gasteiger partial charge in [-0.05, 0) is 12.3 Å². The quantitative estimate of drug-likeness (QED) is 0.511. The first-order valence-electron chi connectivity index (χ1n) is 6.27. The summed E-state index contributed by atoms with van der Waals surface area (Å²) in [5.74, 6) is -15.4. The molecule has 0 aromatic rings. The van der Waals surface area contributed by atoms with Gasteiger partial charge in [-0.1, -0.05) is 20.8 Å². The average Bonchev–Trinajstić information content (AvgIpc) is 2.31. The Hall–Kier alpha value is -1.02. The van der Waals surface area contributed by atoms with E-state index in [1.54, 1.807) is 6.92 Å². The molecule has 0 fully saturated rings. The number of esters is 1. The SMILES string of the molecule is CCCOC(=O)C(CC(F)(F)C(F)(F)C(F)(F)F)C(C)C. The Bertz CT molecular complexity index is 350. The van der Waals surface area contributed by atoms with E-state index in [0.29, 0.717) is 6.42 Å². The monoisotopic (exact) mass is 326 g/mol. The summed E-state index contributed by atoms with van der Waals surface area (Å²) in [5, 5.41) is 0. The van der Waals surface area contributed by atoms with Crippen LogP contribution >= 0.6 is 0 Å². The second-order valence-electron chi connectivity index (χ2n) is 5.00. The molecule has 0 radical (unpaired) electrons. The van der Waals surface area contributed by atoms with Crippen molar-refractivity contribution in [1.82, 2.24) is 0 Å². The zero-order valence-electron chi connectivity index (χ0n) is 11.7. The van der Waals surface area contributed by atoms with E-state index >= 15 is 0 Å². The van der Waals surface area contributed by atoms with E-state index in [0.717, 1.165) is 0 Å². The van der Waals surface area contributed by atoms with Crippen LogP contribution < -0.4 is 0 Å². The van der Waals surface area contributed by atoms with Gasteiger partial charge in [0, 0.05) is 6.42 Å². The van der Waals surface area contributed by atoms with Gasteiger partial charge in [0.25, 0.3) is 0 Å². The number of alkyl halides is 7. The fourth-order valence-corrected chi connectivity index (χ4v) is 1.51. The first kappa shape index (κ1) is 20.0. The molecule has 0 saturated heterocycles. The van der Waals surface area contributed by atoms with Crippen molar-refractivity contribution in [1.29, 1.82) is 0 Å². The lowest BCUT2D eigenvalue weighted by Crippen LogP contribution is -2.53. The van der Waals surface area contributed by atoms with Gasteiger partial charge in [-0.15, -0.1) is 0 Å². The molecule has 0 bridgehead atoms. The van der Waals surface area contributed by atoms with Crippen molar-refractivity contribution in [2.45, 2.75) is 51.6 Å². The number of ether oxygens (including phenoxy) is 1. The number of hydrogen-bond acceptors (Lipinski definition) is 2. The number of carbonyl (C=O) groups is 1. The maximum Gasteiger partial charge on any atom is 0.459 e. The summed E-state index contributed by atoms with van der Waals surface area (Å²) in [7, 11) is 0. The molecule has 0 aromatic heterocycles. The van der Waals surface area contributed by atoms with Gasteiger partial charge < -0.3 is 4.74 Å². The lowest BCUT2D eigenvalue weighted by Gasteiger charge is -2.31. The molecule has 0 aromatic carbocycles. The third kappa shape index (κ3) is 4.74. The standard InChI is InChI=1S/C12H17F7O2/c1-4-5-21-9(20)8(7(2)3)6-10(13,14)11(15,16)12(17,18)19/h7-8H,4-6H2,1-3H3. The highest BCUT2D eigenvalue weighted by Gasteiger charge is 2.73. The van der Waals surface area contributed by atoms with Gasteiger partial charge in [-0.2, -0.15) is 30.7 Å². The summed E-state index contributed by atoms with van der Waals surface area (Å²) in [6, 6.07) is 0. The molecule has 1 unspecified atom stereocenters. The minimum absolute atomic E-state index is 0.122. The van der Waals surface area contributed by atoms with Crippen molar-refractivity contribution in [3.63, 3.8) is 0 Å². The highest BCUT2D eigenvalue weighted by molar-refractivity contribution is 5.72. The fraction of sp³-hybridized carbons (Fsp3) is 0.917. The first-order chi connectivity index (χ1) is 9.28. The molecule has 0 aliphatic rings. The molecule has 0 aliphatic heterocycles. The summed E-state index contributed by atoms with van der Waals surface area (Å²) >= 11 is 0. The number of carbonyl (C=O) groups excluding carboxylic acids is 1. The Kier molecular flexibility index (Phi) is 6.50. The minimum atomic E-state index is -6.40. The van der Waals surface area contributed by atoms with Gasteiger partial charge in [0.2, 0.25) is 0 Å². The maximum atomic E-state index is 13.3. The third-order valence-corrected chi connectivity index (χ3v) is 2.85. The maximum absolute atomic E-state index is 13.3. The summed E-state index contributed by atoms with van der Waals surface area (Å²) in [6.45, 7) is 4.02. The molecule has 21 heavy (non-hydrogen) atoms. The number of hydrogen-bond donors (Lipinski definition) is 0. The summed E-state index contributed by atoms with van der Waals surface area (Å²) in [6.07, 6.45) is -7.96. The molecular formula is C12H17F7O2. The lowest BCUT2D eigenvalue weighted by molar-refractivity contribution is -0.357. The van der Waals surface area contributed by atoms with E-state index in [9.17, 15) is 35.5 Å². The van der Waals surface area contributed by atoms with E-state index in [1.165, 1.54) is 13.8 Å². The van der Waals surface area contributed by atoms with Crippen LogP contribution in [-0.2, 0) is 9.53 Å². The van der Waals surface area contributed by atoms with E-state index in [1.807, 2.05) is 0 Å². The molecule has 0 spiro atoms. The second-order valence-corrected chi connectivity index (χ2v) is 5.00. The third-order valence-electron chi connectivity index (χ3n) is 2.85. The van der Waals surface area contributed by atoms with Crippen molar-refractivity contribution in [2.24, 2.45) is 11.8 Å². The molecule has 9 heteroatoms. The van der Waals surface area contributed by atoms with E-state index in [4.69, 9.17) is 0 Å². The van der Waals surface area contributed by atoms with Gasteiger partial charge in [-0.25, -0.2) is 0 Å². The Morgan fingerprint density at radius 1 is 1.05 bits per heavy atom. The van der Waals surface area contributed by atoms with Crippen LogP contribution in [0.1, 0.15) is 33.6 Å². The molecule has 0 rings (SSSR count). The highest BCUT2D eigenvalue weighted by Crippen LogP contribution is 2.49. The minimum Gasteiger partial charge on any atom is -0.465 e. The van der Waals surface area contributed by atoms with Gasteiger partial charge in [0.05, 0.1) is 12.5 Å². The molecule has 0 amide bonds. The molecule has 1 atom stereocenters. The zero-order chi connectivity index (χ0) is 17.1. The first-order valence-corrected chi connectivity index (χ1v) is 6.27. The predicted octanol–water partition coefficient (Wildman–Crippen LogP) is 4.43. The van der Waals surface area contributed by atoms with Gasteiger partial charge in [0.1, 0.15) is 0 Å². The van der Waals surface area contributed by atoms with E-state index in [2.05, 4.69) is 4.74 Å². The van der Waals surface area contributed by atoms with Crippen LogP contribution in [0.3, 0.4) is 0 Å². The fourth-order valence-electron chi connectivity index (χ4n) is 1.51. The molecule has 126 valence electrons. The normalized spacial score (nSPS) is 15.2. The molecule has 0 heterocycles. The Labute approximate surface area is 117 Å². The molecule has 0 aliphatic carbocycles. The molecule has 2 nitrogen and oxygen atoms in total. The second kappa shape index (κ2) is 6.83. The van der Waals surface area contributed by atoms with Crippen molar-refractivity contribution in [3.8, 4) is 0 Å². The largest absolute Gasteiger partial charge is 0.465 e. The van der Waals surface area contributed by atoms with Crippen LogP contribution in [0.15, 0.2) is 0 Å². The molecular weight excluding hydrogens is 309 g/mol. The van der Waals surface area contributed by atoms with Crippen LogP contribution in [0.4, 0.5) is 30.7 Å². The van der Waals surface area contributed by atoms with Crippen LogP contribution in [0.25, 0.3) is 0 Å². The van der Waals surface area contributed by atoms with Crippen molar-refractivity contribution in [2.75, 3.05) is 6.61 Å². The topological polar surface area (TPSA) is 26.3 Å². The smallest absolute Gasteiger partial charge is 0.459 e. The summed E-state index contributed by atoms with van der Waals surface area (Å²) in [4.78, 5) is 11.5. The predicted molar refractivity (Wildman–Crippen MR) is 60.1 cm³/mol. The van der Waals surface area contributed by atoms with Crippen LogP contribution in [0.5, 0.6) is 0 Å². The summed E-state index contributed by atoms with van der Waals surface area (Å²) in [5.41, 5.74) is 0. The average molecular weight is 326 g/mol. The Balaban J connectivity index is 5.21. The number of halogens is 7.